The highest BCUT2D eigenvalue weighted by Gasteiger charge is 2.11. The van der Waals surface area contributed by atoms with Crippen LogP contribution < -0.4 is 10.1 Å². The van der Waals surface area contributed by atoms with Crippen molar-refractivity contribution >= 4 is 5.91 Å². The SMILES string of the molecule is COc1cccc(C(=O)N[C@@H](C)CC(C)C)c1. The molecule has 0 heterocycles. The summed E-state index contributed by atoms with van der Waals surface area (Å²) < 4.78 is 5.09. The van der Waals surface area contributed by atoms with Crippen LogP contribution in [-0.4, -0.2) is 19.1 Å². The summed E-state index contributed by atoms with van der Waals surface area (Å²) in [5.41, 5.74) is 0.639. The number of hydrogen-bond acceptors (Lipinski definition) is 2. The van der Waals surface area contributed by atoms with Crippen LogP contribution >= 0.6 is 0 Å². The second kappa shape index (κ2) is 6.28. The summed E-state index contributed by atoms with van der Waals surface area (Å²) in [6.07, 6.45) is 0.982. The largest absolute Gasteiger partial charge is 0.497 e. The summed E-state index contributed by atoms with van der Waals surface area (Å²) in [4.78, 5) is 11.9. The molecule has 0 aromatic heterocycles. The quantitative estimate of drug-likeness (QED) is 0.852. The minimum atomic E-state index is -0.0444. The molecule has 0 unspecified atom stereocenters. The van der Waals surface area contributed by atoms with Crippen LogP contribution in [0.2, 0.25) is 0 Å². The lowest BCUT2D eigenvalue weighted by atomic mass is 10.0. The van der Waals surface area contributed by atoms with Crippen molar-refractivity contribution in [2.45, 2.75) is 33.2 Å². The first-order valence-electron chi connectivity index (χ1n) is 5.98. The van der Waals surface area contributed by atoms with Gasteiger partial charge in [0.2, 0.25) is 0 Å². The van der Waals surface area contributed by atoms with Gasteiger partial charge in [-0.1, -0.05) is 19.9 Å². The van der Waals surface area contributed by atoms with Crippen LogP contribution in [0.1, 0.15) is 37.6 Å². The van der Waals surface area contributed by atoms with E-state index in [0.717, 1.165) is 6.42 Å². The Kier molecular flexibility index (Phi) is 5.01. The van der Waals surface area contributed by atoms with E-state index in [4.69, 9.17) is 4.74 Å². The van der Waals surface area contributed by atoms with Gasteiger partial charge in [-0.3, -0.25) is 4.79 Å². The summed E-state index contributed by atoms with van der Waals surface area (Å²) in [6.45, 7) is 6.32. The third kappa shape index (κ3) is 4.47. The standard InChI is InChI=1S/C14H21NO2/c1-10(2)8-11(3)15-14(16)12-6-5-7-13(9-12)17-4/h5-7,9-11H,8H2,1-4H3,(H,15,16)/t11-/m0/s1. The molecular formula is C14H21NO2. The van der Waals surface area contributed by atoms with Gasteiger partial charge in [-0.15, -0.1) is 0 Å². The van der Waals surface area contributed by atoms with Gasteiger partial charge in [0.05, 0.1) is 7.11 Å². The minimum Gasteiger partial charge on any atom is -0.497 e. The molecule has 0 saturated carbocycles. The predicted molar refractivity (Wildman–Crippen MR) is 69.4 cm³/mol. The van der Waals surface area contributed by atoms with Gasteiger partial charge in [-0.2, -0.15) is 0 Å². The van der Waals surface area contributed by atoms with Gasteiger partial charge in [-0.25, -0.2) is 0 Å². The molecule has 3 heteroatoms. The molecule has 0 bridgehead atoms. The molecule has 1 amide bonds. The van der Waals surface area contributed by atoms with Gasteiger partial charge in [0, 0.05) is 11.6 Å². The Hall–Kier alpha value is -1.51. The summed E-state index contributed by atoms with van der Waals surface area (Å²) in [7, 11) is 1.60. The number of hydrogen-bond donors (Lipinski definition) is 1. The zero-order valence-electron chi connectivity index (χ0n) is 11.0. The summed E-state index contributed by atoms with van der Waals surface area (Å²) >= 11 is 0. The first kappa shape index (κ1) is 13.6. The van der Waals surface area contributed by atoms with E-state index in [1.807, 2.05) is 19.1 Å². The van der Waals surface area contributed by atoms with E-state index >= 15 is 0 Å². The first-order chi connectivity index (χ1) is 8.02. The molecule has 1 N–H and O–H groups in total. The molecule has 1 rings (SSSR count). The smallest absolute Gasteiger partial charge is 0.251 e. The van der Waals surface area contributed by atoms with Crippen LogP contribution in [0.25, 0.3) is 0 Å². The van der Waals surface area contributed by atoms with Crippen molar-refractivity contribution < 1.29 is 9.53 Å². The van der Waals surface area contributed by atoms with Gasteiger partial charge >= 0.3 is 0 Å². The Morgan fingerprint density at radius 3 is 2.65 bits per heavy atom. The average Bonchev–Trinajstić information content (AvgIpc) is 2.27. The van der Waals surface area contributed by atoms with Crippen LogP contribution in [0.5, 0.6) is 5.75 Å². The third-order valence-electron chi connectivity index (χ3n) is 2.53. The van der Waals surface area contributed by atoms with Gasteiger partial charge in [0.25, 0.3) is 5.91 Å². The Balaban J connectivity index is 2.63. The summed E-state index contributed by atoms with van der Waals surface area (Å²) in [5, 5.41) is 2.98. The van der Waals surface area contributed by atoms with Gasteiger partial charge in [0.1, 0.15) is 5.75 Å². The number of benzene rings is 1. The molecule has 17 heavy (non-hydrogen) atoms. The number of carbonyl (C=O) groups excluding carboxylic acids is 1. The molecular weight excluding hydrogens is 214 g/mol. The number of ether oxygens (including phenoxy) is 1. The van der Waals surface area contributed by atoms with Gasteiger partial charge in [0.15, 0.2) is 0 Å². The lowest BCUT2D eigenvalue weighted by Crippen LogP contribution is -2.33. The van der Waals surface area contributed by atoms with E-state index in [9.17, 15) is 4.79 Å². The molecule has 0 aliphatic heterocycles. The van der Waals surface area contributed by atoms with E-state index in [0.29, 0.717) is 17.2 Å². The normalized spacial score (nSPS) is 12.3. The number of carbonyl (C=O) groups is 1. The Bertz CT molecular complexity index is 374. The molecule has 1 atom stereocenters. The highest BCUT2D eigenvalue weighted by Crippen LogP contribution is 2.13. The Morgan fingerprint density at radius 1 is 1.35 bits per heavy atom. The van der Waals surface area contributed by atoms with Crippen LogP contribution in [-0.2, 0) is 0 Å². The van der Waals surface area contributed by atoms with Crippen molar-refractivity contribution in [2.75, 3.05) is 7.11 Å². The number of amides is 1. The highest BCUT2D eigenvalue weighted by atomic mass is 16.5. The molecule has 0 spiro atoms. The molecule has 0 aliphatic rings. The molecule has 0 radical (unpaired) electrons. The van der Waals surface area contributed by atoms with E-state index in [1.165, 1.54) is 0 Å². The van der Waals surface area contributed by atoms with Crippen molar-refractivity contribution in [1.82, 2.24) is 5.32 Å². The fourth-order valence-corrected chi connectivity index (χ4v) is 1.84. The maximum atomic E-state index is 11.9. The molecule has 3 nitrogen and oxygen atoms in total. The minimum absolute atomic E-state index is 0.0444. The lowest BCUT2D eigenvalue weighted by Gasteiger charge is -2.16. The fraction of sp³-hybridized carbons (Fsp3) is 0.500. The monoisotopic (exact) mass is 235 g/mol. The van der Waals surface area contributed by atoms with Crippen molar-refractivity contribution in [3.8, 4) is 5.75 Å². The lowest BCUT2D eigenvalue weighted by molar-refractivity contribution is 0.0936. The van der Waals surface area contributed by atoms with Gasteiger partial charge in [-0.05, 0) is 37.5 Å². The van der Waals surface area contributed by atoms with Gasteiger partial charge < -0.3 is 10.1 Å². The van der Waals surface area contributed by atoms with E-state index in [1.54, 1.807) is 19.2 Å². The molecule has 0 aliphatic carbocycles. The van der Waals surface area contributed by atoms with E-state index in [2.05, 4.69) is 19.2 Å². The zero-order valence-corrected chi connectivity index (χ0v) is 11.0. The van der Waals surface area contributed by atoms with Crippen LogP contribution in [0.15, 0.2) is 24.3 Å². The van der Waals surface area contributed by atoms with Crippen molar-refractivity contribution in [1.29, 1.82) is 0 Å². The topological polar surface area (TPSA) is 38.3 Å². The molecule has 94 valence electrons. The van der Waals surface area contributed by atoms with Crippen LogP contribution in [0.4, 0.5) is 0 Å². The number of methoxy groups -OCH3 is 1. The highest BCUT2D eigenvalue weighted by molar-refractivity contribution is 5.94. The Labute approximate surface area is 103 Å². The maximum absolute atomic E-state index is 11.9. The number of nitrogens with one attached hydrogen (secondary N) is 1. The zero-order chi connectivity index (χ0) is 12.8. The van der Waals surface area contributed by atoms with Crippen molar-refractivity contribution in [3.05, 3.63) is 29.8 Å². The van der Waals surface area contributed by atoms with Crippen LogP contribution in [0, 0.1) is 5.92 Å². The van der Waals surface area contributed by atoms with Crippen molar-refractivity contribution in [2.24, 2.45) is 5.92 Å². The van der Waals surface area contributed by atoms with Crippen LogP contribution in [0.3, 0.4) is 0 Å². The van der Waals surface area contributed by atoms with E-state index < -0.39 is 0 Å². The summed E-state index contributed by atoms with van der Waals surface area (Å²) in [6, 6.07) is 7.38. The summed E-state index contributed by atoms with van der Waals surface area (Å²) in [5.74, 6) is 1.24. The van der Waals surface area contributed by atoms with E-state index in [-0.39, 0.29) is 11.9 Å². The maximum Gasteiger partial charge on any atom is 0.251 e. The molecule has 1 aromatic rings. The molecule has 1 aromatic carbocycles. The first-order valence-corrected chi connectivity index (χ1v) is 5.98. The second-order valence-electron chi connectivity index (χ2n) is 4.74. The molecule has 0 saturated heterocycles. The fourth-order valence-electron chi connectivity index (χ4n) is 1.84. The Morgan fingerprint density at radius 2 is 2.06 bits per heavy atom. The van der Waals surface area contributed by atoms with Crippen molar-refractivity contribution in [3.63, 3.8) is 0 Å². The molecule has 0 fully saturated rings. The third-order valence-corrected chi connectivity index (χ3v) is 2.53. The predicted octanol–water partition coefficient (Wildman–Crippen LogP) is 2.86. The number of rotatable bonds is 5. The second-order valence-corrected chi connectivity index (χ2v) is 4.74. The average molecular weight is 235 g/mol.